The van der Waals surface area contributed by atoms with Gasteiger partial charge in [-0.3, -0.25) is 0 Å². The summed E-state index contributed by atoms with van der Waals surface area (Å²) in [6.07, 6.45) is 0. The van der Waals surface area contributed by atoms with E-state index in [1.54, 1.807) is 0 Å². The van der Waals surface area contributed by atoms with Crippen LogP contribution in [0.2, 0.25) is 0 Å². The lowest BCUT2D eigenvalue weighted by atomic mass is 10.1. The zero-order valence-electron chi connectivity index (χ0n) is 14.5. The lowest BCUT2D eigenvalue weighted by molar-refractivity contribution is 0.319. The van der Waals surface area contributed by atoms with Crippen molar-refractivity contribution >= 4 is 16.7 Å². The summed E-state index contributed by atoms with van der Waals surface area (Å²) >= 11 is 0. The van der Waals surface area contributed by atoms with Gasteiger partial charge in [-0.1, -0.05) is 60.2 Å². The Morgan fingerprint density at radius 1 is 0.923 bits per heavy atom. The molecule has 2 atom stereocenters. The number of hydrogen-bond donors (Lipinski definition) is 0. The van der Waals surface area contributed by atoms with E-state index >= 15 is 0 Å². The molecule has 0 aromatic heterocycles. The van der Waals surface area contributed by atoms with Crippen molar-refractivity contribution < 1.29 is 8.95 Å². The standard InChI is InChI=1S/C22H19NO2S/c1-16-11-13-18(14-12-16)26(24)21-10-6-5-9-19(21)22-23-20(15-25-22)17-7-3-2-4-8-17/h2-14,20H,15H2,1H3/t20-,26+/m0/s1. The quantitative estimate of drug-likeness (QED) is 0.677. The smallest absolute Gasteiger partial charge is 0.218 e. The highest BCUT2D eigenvalue weighted by atomic mass is 32.2. The van der Waals surface area contributed by atoms with Gasteiger partial charge in [0.1, 0.15) is 12.6 Å². The van der Waals surface area contributed by atoms with E-state index in [4.69, 9.17) is 9.73 Å². The van der Waals surface area contributed by atoms with Crippen molar-refractivity contribution in [2.45, 2.75) is 22.8 Å². The summed E-state index contributed by atoms with van der Waals surface area (Å²) < 4.78 is 19.0. The van der Waals surface area contributed by atoms with Crippen molar-refractivity contribution in [1.82, 2.24) is 0 Å². The molecule has 0 bridgehead atoms. The molecule has 0 fully saturated rings. The van der Waals surface area contributed by atoms with E-state index in [1.165, 1.54) is 0 Å². The van der Waals surface area contributed by atoms with Crippen LogP contribution in [0.3, 0.4) is 0 Å². The third kappa shape index (κ3) is 3.33. The van der Waals surface area contributed by atoms with Crippen molar-refractivity contribution in [2.75, 3.05) is 6.61 Å². The molecule has 0 unspecified atom stereocenters. The van der Waals surface area contributed by atoms with Gasteiger partial charge in [-0.2, -0.15) is 0 Å². The minimum atomic E-state index is -1.28. The highest BCUT2D eigenvalue weighted by molar-refractivity contribution is 7.85. The van der Waals surface area contributed by atoms with Crippen LogP contribution in [0.15, 0.2) is 93.6 Å². The maximum Gasteiger partial charge on any atom is 0.218 e. The predicted molar refractivity (Wildman–Crippen MR) is 104 cm³/mol. The molecule has 1 aliphatic rings. The Balaban J connectivity index is 1.68. The molecule has 0 N–H and O–H groups in total. The van der Waals surface area contributed by atoms with E-state index in [0.717, 1.165) is 26.5 Å². The van der Waals surface area contributed by atoms with Crippen LogP contribution in [0.25, 0.3) is 0 Å². The van der Waals surface area contributed by atoms with Gasteiger partial charge in [0.05, 0.1) is 21.3 Å². The van der Waals surface area contributed by atoms with Gasteiger partial charge >= 0.3 is 0 Å². The molecule has 0 saturated carbocycles. The van der Waals surface area contributed by atoms with Gasteiger partial charge in [-0.05, 0) is 36.8 Å². The van der Waals surface area contributed by atoms with Crippen LogP contribution in [0.1, 0.15) is 22.7 Å². The van der Waals surface area contributed by atoms with Crippen LogP contribution in [0.4, 0.5) is 0 Å². The SMILES string of the molecule is Cc1ccc([S@@](=O)c2ccccc2C2=N[C@H](c3ccccc3)CO2)cc1. The zero-order valence-corrected chi connectivity index (χ0v) is 15.3. The molecule has 0 radical (unpaired) electrons. The Labute approximate surface area is 155 Å². The molecule has 1 aliphatic heterocycles. The summed E-state index contributed by atoms with van der Waals surface area (Å²) in [5, 5.41) is 0. The van der Waals surface area contributed by atoms with Crippen molar-refractivity contribution in [1.29, 1.82) is 0 Å². The van der Waals surface area contributed by atoms with Crippen LogP contribution in [-0.4, -0.2) is 16.7 Å². The van der Waals surface area contributed by atoms with Crippen molar-refractivity contribution in [3.8, 4) is 0 Å². The minimum Gasteiger partial charge on any atom is -0.475 e. The maximum atomic E-state index is 13.1. The molecule has 3 nitrogen and oxygen atoms in total. The van der Waals surface area contributed by atoms with Crippen molar-refractivity contribution in [2.24, 2.45) is 4.99 Å². The number of aliphatic imine (C=N–C) groups is 1. The summed E-state index contributed by atoms with van der Waals surface area (Å²) in [5.74, 6) is 0.565. The van der Waals surface area contributed by atoms with Gasteiger partial charge in [-0.15, -0.1) is 0 Å². The first-order valence-electron chi connectivity index (χ1n) is 8.56. The Morgan fingerprint density at radius 2 is 1.62 bits per heavy atom. The largest absolute Gasteiger partial charge is 0.475 e. The predicted octanol–water partition coefficient (Wildman–Crippen LogP) is 4.68. The second-order valence-electron chi connectivity index (χ2n) is 6.25. The number of hydrogen-bond acceptors (Lipinski definition) is 3. The van der Waals surface area contributed by atoms with Crippen LogP contribution < -0.4 is 0 Å². The molecule has 3 aromatic carbocycles. The number of benzene rings is 3. The number of rotatable bonds is 4. The van der Waals surface area contributed by atoms with Crippen LogP contribution >= 0.6 is 0 Å². The normalized spacial score (nSPS) is 17.4. The minimum absolute atomic E-state index is 0.0212. The van der Waals surface area contributed by atoms with Gasteiger partial charge in [0.25, 0.3) is 0 Å². The van der Waals surface area contributed by atoms with E-state index in [9.17, 15) is 4.21 Å². The molecule has 0 spiro atoms. The monoisotopic (exact) mass is 361 g/mol. The fourth-order valence-corrected chi connectivity index (χ4v) is 4.16. The first-order valence-corrected chi connectivity index (χ1v) is 9.71. The molecule has 4 rings (SSSR count). The average Bonchev–Trinajstić information content (AvgIpc) is 3.19. The Kier molecular flexibility index (Phi) is 4.67. The third-order valence-corrected chi connectivity index (χ3v) is 5.84. The molecule has 26 heavy (non-hydrogen) atoms. The fraction of sp³-hybridized carbons (Fsp3) is 0.136. The third-order valence-electron chi connectivity index (χ3n) is 4.39. The lowest BCUT2D eigenvalue weighted by Gasteiger charge is -2.09. The Hall–Kier alpha value is -2.72. The zero-order chi connectivity index (χ0) is 17.9. The first-order chi connectivity index (χ1) is 12.7. The molecule has 1 heterocycles. The molecule has 0 amide bonds. The Bertz CT molecular complexity index is 965. The van der Waals surface area contributed by atoms with Crippen molar-refractivity contribution in [3.63, 3.8) is 0 Å². The number of nitrogens with zero attached hydrogens (tertiary/aromatic N) is 1. The molecule has 0 aliphatic carbocycles. The van der Waals surface area contributed by atoms with E-state index in [1.807, 2.05) is 73.7 Å². The van der Waals surface area contributed by atoms with Crippen LogP contribution in [0, 0.1) is 6.92 Å². The summed E-state index contributed by atoms with van der Waals surface area (Å²) in [4.78, 5) is 6.24. The summed E-state index contributed by atoms with van der Waals surface area (Å²) in [6, 6.07) is 25.5. The van der Waals surface area contributed by atoms with Gasteiger partial charge in [0.2, 0.25) is 5.90 Å². The first kappa shape index (κ1) is 16.7. The lowest BCUT2D eigenvalue weighted by Crippen LogP contribution is -2.07. The Morgan fingerprint density at radius 3 is 2.38 bits per heavy atom. The second-order valence-corrected chi connectivity index (χ2v) is 7.70. The summed E-state index contributed by atoms with van der Waals surface area (Å²) in [7, 11) is -1.28. The topological polar surface area (TPSA) is 38.7 Å². The maximum absolute atomic E-state index is 13.1. The molecular weight excluding hydrogens is 342 g/mol. The molecule has 130 valence electrons. The van der Waals surface area contributed by atoms with Gasteiger partial charge in [0.15, 0.2) is 0 Å². The van der Waals surface area contributed by atoms with E-state index < -0.39 is 10.8 Å². The van der Waals surface area contributed by atoms with E-state index in [0.29, 0.717) is 12.5 Å². The molecule has 0 saturated heterocycles. The van der Waals surface area contributed by atoms with Crippen LogP contribution in [0.5, 0.6) is 0 Å². The average molecular weight is 361 g/mol. The van der Waals surface area contributed by atoms with Crippen molar-refractivity contribution in [3.05, 3.63) is 95.6 Å². The fourth-order valence-electron chi connectivity index (χ4n) is 2.96. The molecule has 4 heteroatoms. The van der Waals surface area contributed by atoms with Gasteiger partial charge in [0, 0.05) is 4.90 Å². The van der Waals surface area contributed by atoms with E-state index in [2.05, 4.69) is 12.1 Å². The van der Waals surface area contributed by atoms with Gasteiger partial charge < -0.3 is 4.74 Å². The van der Waals surface area contributed by atoms with E-state index in [-0.39, 0.29) is 6.04 Å². The number of aryl methyl sites for hydroxylation is 1. The summed E-state index contributed by atoms with van der Waals surface area (Å²) in [5.41, 5.74) is 3.07. The summed E-state index contributed by atoms with van der Waals surface area (Å²) in [6.45, 7) is 2.52. The highest BCUT2D eigenvalue weighted by Crippen LogP contribution is 2.28. The molecular formula is C22H19NO2S. The van der Waals surface area contributed by atoms with Gasteiger partial charge in [-0.25, -0.2) is 9.20 Å². The number of ether oxygens (including phenoxy) is 1. The second kappa shape index (κ2) is 7.26. The molecule has 3 aromatic rings. The highest BCUT2D eigenvalue weighted by Gasteiger charge is 2.24. The van der Waals surface area contributed by atoms with Crippen LogP contribution in [-0.2, 0) is 15.5 Å².